The summed E-state index contributed by atoms with van der Waals surface area (Å²) in [6.07, 6.45) is 0.250. The van der Waals surface area contributed by atoms with Gasteiger partial charge < -0.3 is 15.5 Å². The molecule has 0 bridgehead atoms. The van der Waals surface area contributed by atoms with Crippen LogP contribution in [0, 0.1) is 0 Å². The molecule has 25 heavy (non-hydrogen) atoms. The molecule has 3 rings (SSSR count). The van der Waals surface area contributed by atoms with Gasteiger partial charge in [0.2, 0.25) is 5.91 Å². The van der Waals surface area contributed by atoms with Crippen molar-refractivity contribution in [1.29, 1.82) is 0 Å². The van der Waals surface area contributed by atoms with Crippen molar-refractivity contribution in [1.82, 2.24) is 5.32 Å². The molecule has 0 saturated heterocycles. The summed E-state index contributed by atoms with van der Waals surface area (Å²) in [6.45, 7) is 0. The maximum atomic E-state index is 12.4. The van der Waals surface area contributed by atoms with E-state index in [1.54, 1.807) is 24.3 Å². The SMILES string of the molecule is NC(=O)[C@@H](Cc1ccccc1)NC(=O)c1cc(=O)c2ccccc2o1. The Bertz CT molecular complexity index is 979. The standard InChI is InChI=1S/C19H16N2O4/c20-18(23)14(10-12-6-2-1-3-7-12)21-19(24)17-11-15(22)13-8-4-5-9-16(13)25-17/h1-9,11,14H,10H2,(H2,20,23)(H,21,24)/t14-/m1/s1. The van der Waals surface area contributed by atoms with Gasteiger partial charge in [-0.05, 0) is 17.7 Å². The van der Waals surface area contributed by atoms with Crippen LogP contribution in [0.4, 0.5) is 0 Å². The average molecular weight is 336 g/mol. The van der Waals surface area contributed by atoms with Crippen LogP contribution in [-0.4, -0.2) is 17.9 Å². The molecule has 3 N–H and O–H groups in total. The molecule has 2 amide bonds. The summed E-state index contributed by atoms with van der Waals surface area (Å²) < 4.78 is 5.47. The second-order valence-electron chi connectivity index (χ2n) is 5.59. The first-order valence-corrected chi connectivity index (χ1v) is 7.71. The van der Waals surface area contributed by atoms with Crippen LogP contribution in [0.25, 0.3) is 11.0 Å². The normalized spacial score (nSPS) is 11.8. The lowest BCUT2D eigenvalue weighted by molar-refractivity contribution is -0.119. The van der Waals surface area contributed by atoms with Crippen LogP contribution >= 0.6 is 0 Å². The zero-order valence-corrected chi connectivity index (χ0v) is 13.3. The Morgan fingerprint density at radius 1 is 1.04 bits per heavy atom. The number of carbonyl (C=O) groups excluding carboxylic acids is 2. The minimum Gasteiger partial charge on any atom is -0.451 e. The molecule has 2 aromatic carbocycles. The van der Waals surface area contributed by atoms with E-state index in [0.29, 0.717) is 11.0 Å². The largest absolute Gasteiger partial charge is 0.451 e. The van der Waals surface area contributed by atoms with Gasteiger partial charge in [0.1, 0.15) is 11.6 Å². The second-order valence-corrected chi connectivity index (χ2v) is 5.59. The van der Waals surface area contributed by atoms with Gasteiger partial charge in [-0.2, -0.15) is 0 Å². The molecular formula is C19H16N2O4. The third kappa shape index (κ3) is 3.74. The van der Waals surface area contributed by atoms with Crippen LogP contribution in [0.15, 0.2) is 69.9 Å². The number of para-hydroxylation sites is 1. The Labute approximate surface area is 143 Å². The van der Waals surface area contributed by atoms with E-state index >= 15 is 0 Å². The lowest BCUT2D eigenvalue weighted by Gasteiger charge is -2.15. The topological polar surface area (TPSA) is 102 Å². The van der Waals surface area contributed by atoms with Crippen molar-refractivity contribution >= 4 is 22.8 Å². The molecule has 0 spiro atoms. The van der Waals surface area contributed by atoms with E-state index in [0.717, 1.165) is 11.6 Å². The molecule has 0 fully saturated rings. The zero-order valence-electron chi connectivity index (χ0n) is 13.3. The first-order valence-electron chi connectivity index (χ1n) is 7.71. The highest BCUT2D eigenvalue weighted by Gasteiger charge is 2.21. The van der Waals surface area contributed by atoms with Crippen LogP contribution in [0.5, 0.6) is 0 Å². The number of hydrogen-bond donors (Lipinski definition) is 2. The van der Waals surface area contributed by atoms with Gasteiger partial charge in [0.05, 0.1) is 5.39 Å². The van der Waals surface area contributed by atoms with E-state index in [1.165, 1.54) is 0 Å². The fourth-order valence-corrected chi connectivity index (χ4v) is 2.52. The molecule has 1 atom stereocenters. The van der Waals surface area contributed by atoms with Crippen molar-refractivity contribution in [2.45, 2.75) is 12.5 Å². The van der Waals surface area contributed by atoms with Crippen molar-refractivity contribution in [3.05, 3.63) is 82.2 Å². The average Bonchev–Trinajstić information content (AvgIpc) is 2.62. The summed E-state index contributed by atoms with van der Waals surface area (Å²) in [7, 11) is 0. The van der Waals surface area contributed by atoms with Crippen LogP contribution in [0.3, 0.4) is 0 Å². The summed E-state index contributed by atoms with van der Waals surface area (Å²) >= 11 is 0. The number of nitrogens with two attached hydrogens (primary N) is 1. The molecule has 0 radical (unpaired) electrons. The minimum atomic E-state index is -0.910. The van der Waals surface area contributed by atoms with Crippen molar-refractivity contribution < 1.29 is 14.0 Å². The monoisotopic (exact) mass is 336 g/mol. The molecular weight excluding hydrogens is 320 g/mol. The van der Waals surface area contributed by atoms with Gasteiger partial charge in [0, 0.05) is 12.5 Å². The second kappa shape index (κ2) is 7.00. The van der Waals surface area contributed by atoms with Crippen LogP contribution < -0.4 is 16.5 Å². The molecule has 0 unspecified atom stereocenters. The van der Waals surface area contributed by atoms with Gasteiger partial charge in [0.25, 0.3) is 5.91 Å². The maximum Gasteiger partial charge on any atom is 0.287 e. The number of benzene rings is 2. The van der Waals surface area contributed by atoms with Gasteiger partial charge in [0.15, 0.2) is 11.2 Å². The molecule has 0 aliphatic heterocycles. The Morgan fingerprint density at radius 3 is 2.44 bits per heavy atom. The Balaban J connectivity index is 1.84. The highest BCUT2D eigenvalue weighted by atomic mass is 16.3. The highest BCUT2D eigenvalue weighted by molar-refractivity contribution is 5.96. The molecule has 6 nitrogen and oxygen atoms in total. The van der Waals surface area contributed by atoms with Crippen molar-refractivity contribution in [2.24, 2.45) is 5.73 Å². The molecule has 0 saturated carbocycles. The number of primary amides is 1. The zero-order chi connectivity index (χ0) is 17.8. The Hall–Kier alpha value is -3.41. The number of carbonyl (C=O) groups is 2. The van der Waals surface area contributed by atoms with Gasteiger partial charge in [-0.15, -0.1) is 0 Å². The van der Waals surface area contributed by atoms with E-state index in [-0.39, 0.29) is 17.6 Å². The third-order valence-corrected chi connectivity index (χ3v) is 3.79. The number of nitrogens with one attached hydrogen (secondary N) is 1. The van der Waals surface area contributed by atoms with E-state index < -0.39 is 17.9 Å². The third-order valence-electron chi connectivity index (χ3n) is 3.79. The molecule has 1 heterocycles. The number of hydrogen-bond acceptors (Lipinski definition) is 4. The first-order chi connectivity index (χ1) is 12.0. The fraction of sp³-hybridized carbons (Fsp3) is 0.105. The van der Waals surface area contributed by atoms with Crippen molar-refractivity contribution in [2.75, 3.05) is 0 Å². The molecule has 126 valence electrons. The van der Waals surface area contributed by atoms with Crippen LogP contribution in [0.2, 0.25) is 0 Å². The van der Waals surface area contributed by atoms with E-state index in [2.05, 4.69) is 5.32 Å². The molecule has 0 aliphatic rings. The lowest BCUT2D eigenvalue weighted by Crippen LogP contribution is -2.46. The summed E-state index contributed by atoms with van der Waals surface area (Å²) in [5.74, 6) is -1.49. The molecule has 6 heteroatoms. The van der Waals surface area contributed by atoms with E-state index in [4.69, 9.17) is 10.2 Å². The molecule has 1 aromatic heterocycles. The van der Waals surface area contributed by atoms with Gasteiger partial charge >= 0.3 is 0 Å². The smallest absolute Gasteiger partial charge is 0.287 e. The summed E-state index contributed by atoms with van der Waals surface area (Å²) in [4.78, 5) is 36.1. The Kier molecular flexibility index (Phi) is 4.61. The van der Waals surface area contributed by atoms with Gasteiger partial charge in [-0.1, -0.05) is 42.5 Å². The van der Waals surface area contributed by atoms with Gasteiger partial charge in [-0.3, -0.25) is 14.4 Å². The van der Waals surface area contributed by atoms with Crippen LogP contribution in [0.1, 0.15) is 16.1 Å². The predicted molar refractivity (Wildman–Crippen MR) is 93.1 cm³/mol. The molecule has 3 aromatic rings. The highest BCUT2D eigenvalue weighted by Crippen LogP contribution is 2.12. The number of rotatable bonds is 5. The Morgan fingerprint density at radius 2 is 1.72 bits per heavy atom. The first kappa shape index (κ1) is 16.4. The van der Waals surface area contributed by atoms with E-state index in [9.17, 15) is 14.4 Å². The molecule has 0 aliphatic carbocycles. The fourth-order valence-electron chi connectivity index (χ4n) is 2.52. The van der Waals surface area contributed by atoms with Crippen molar-refractivity contribution in [3.8, 4) is 0 Å². The lowest BCUT2D eigenvalue weighted by atomic mass is 10.1. The van der Waals surface area contributed by atoms with Crippen molar-refractivity contribution in [3.63, 3.8) is 0 Å². The summed E-state index contributed by atoms with van der Waals surface area (Å²) in [6, 6.07) is 16.0. The number of amides is 2. The van der Waals surface area contributed by atoms with Gasteiger partial charge in [-0.25, -0.2) is 0 Å². The summed E-state index contributed by atoms with van der Waals surface area (Å²) in [5.41, 5.74) is 6.22. The van der Waals surface area contributed by atoms with E-state index in [1.807, 2.05) is 30.3 Å². The number of fused-ring (bicyclic) bond motifs is 1. The minimum absolute atomic E-state index is 0.164. The predicted octanol–water partition coefficient (Wildman–Crippen LogP) is 1.62. The quantitative estimate of drug-likeness (QED) is 0.739. The van der Waals surface area contributed by atoms with Crippen LogP contribution in [-0.2, 0) is 11.2 Å². The maximum absolute atomic E-state index is 12.4. The summed E-state index contributed by atoms with van der Waals surface area (Å²) in [5, 5.41) is 2.91.